The van der Waals surface area contributed by atoms with Gasteiger partial charge in [0, 0.05) is 5.56 Å². The number of rotatable bonds is 9. The van der Waals surface area contributed by atoms with Crippen molar-refractivity contribution in [1.82, 2.24) is 4.57 Å². The third-order valence-corrected chi connectivity index (χ3v) is 11.3. The molecule has 1 aliphatic rings. The van der Waals surface area contributed by atoms with E-state index in [0.29, 0.717) is 43.2 Å². The van der Waals surface area contributed by atoms with Crippen LogP contribution in [-0.2, 0) is 16.1 Å². The molecule has 1 aliphatic heterocycles. The van der Waals surface area contributed by atoms with Crippen LogP contribution >= 0.6 is 79.7 Å². The molecular weight excluding hydrogens is 905 g/mol. The maximum absolute atomic E-state index is 14.4. The Balaban J connectivity index is 1.47. The van der Waals surface area contributed by atoms with Crippen LogP contribution in [0, 0.1) is 7.14 Å². The van der Waals surface area contributed by atoms with Crippen LogP contribution < -0.4 is 19.6 Å². The van der Waals surface area contributed by atoms with Crippen LogP contribution in [0.1, 0.15) is 60.5 Å². The third kappa shape index (κ3) is 7.70. The Hall–Kier alpha value is -2.97. The van der Waals surface area contributed by atoms with Gasteiger partial charge in [0.2, 0.25) is 0 Å². The van der Waals surface area contributed by atoms with E-state index >= 15 is 0 Å². The maximum atomic E-state index is 14.4. The van der Waals surface area contributed by atoms with Crippen LogP contribution in [-0.4, -0.2) is 17.1 Å². The van der Waals surface area contributed by atoms with Gasteiger partial charge in [-0.2, -0.15) is 0 Å². The molecule has 0 fully saturated rings. The number of halogens is 4. The second kappa shape index (κ2) is 15.5. The Morgan fingerprint density at radius 3 is 2.31 bits per heavy atom. The number of thiazole rings is 1. The van der Waals surface area contributed by atoms with E-state index < -0.39 is 12.0 Å². The molecule has 49 heavy (non-hydrogen) atoms. The Bertz CT molecular complexity index is 2240. The molecule has 1 aromatic heterocycles. The quantitative estimate of drug-likeness (QED) is 0.109. The molecule has 0 radical (unpaired) electrons. The lowest BCUT2D eigenvalue weighted by atomic mass is 9.91. The van der Waals surface area contributed by atoms with Crippen molar-refractivity contribution < 1.29 is 14.3 Å². The Kier molecular flexibility index (Phi) is 11.3. The van der Waals surface area contributed by atoms with Crippen molar-refractivity contribution in [1.29, 1.82) is 0 Å². The van der Waals surface area contributed by atoms with E-state index in [2.05, 4.69) is 71.2 Å². The zero-order valence-electron chi connectivity index (χ0n) is 26.7. The zero-order chi connectivity index (χ0) is 34.8. The molecule has 0 amide bonds. The summed E-state index contributed by atoms with van der Waals surface area (Å²) in [5.41, 5.74) is 5.07. The van der Waals surface area contributed by atoms with Crippen molar-refractivity contribution in [2.75, 3.05) is 6.61 Å². The smallest absolute Gasteiger partial charge is 0.338 e. The predicted octanol–water partition coefficient (Wildman–Crippen LogP) is 9.15. The molecule has 1 atom stereocenters. The van der Waals surface area contributed by atoms with Gasteiger partial charge in [0.1, 0.15) is 12.4 Å². The molecule has 0 saturated heterocycles. The van der Waals surface area contributed by atoms with Crippen LogP contribution in [0.15, 0.2) is 100 Å². The number of benzene rings is 4. The summed E-state index contributed by atoms with van der Waals surface area (Å²) < 4.78 is 15.7. The first-order chi connectivity index (χ1) is 23.5. The number of carbonyl (C=O) groups excluding carboxylic acids is 1. The van der Waals surface area contributed by atoms with Crippen molar-refractivity contribution in [2.24, 2.45) is 4.99 Å². The van der Waals surface area contributed by atoms with Gasteiger partial charge in [-0.25, -0.2) is 9.79 Å². The summed E-state index contributed by atoms with van der Waals surface area (Å²) in [4.78, 5) is 33.6. The van der Waals surface area contributed by atoms with Gasteiger partial charge in [0.05, 0.1) is 45.6 Å². The number of ether oxygens (including phenoxy) is 2. The maximum Gasteiger partial charge on any atom is 0.338 e. The highest BCUT2D eigenvalue weighted by Crippen LogP contribution is 2.36. The average molecular weight is 935 g/mol. The first-order valence-electron chi connectivity index (χ1n) is 15.5. The number of nitrogens with zero attached hydrogens (tertiary/aromatic N) is 2. The van der Waals surface area contributed by atoms with Gasteiger partial charge in [-0.1, -0.05) is 109 Å². The average Bonchev–Trinajstić information content (AvgIpc) is 3.39. The van der Waals surface area contributed by atoms with Crippen molar-refractivity contribution in [3.05, 3.63) is 155 Å². The number of fused-ring (bicyclic) bond motifs is 1. The zero-order valence-corrected chi connectivity index (χ0v) is 33.3. The highest BCUT2D eigenvalue weighted by Gasteiger charge is 2.35. The summed E-state index contributed by atoms with van der Waals surface area (Å²) in [6.07, 6.45) is 1.87. The van der Waals surface area contributed by atoms with Crippen molar-refractivity contribution in [3.63, 3.8) is 0 Å². The van der Waals surface area contributed by atoms with E-state index in [1.165, 1.54) is 11.3 Å². The molecule has 11 heteroatoms. The number of hydrogen-bond donors (Lipinski definition) is 0. The lowest BCUT2D eigenvalue weighted by Crippen LogP contribution is -2.40. The molecule has 4 aromatic carbocycles. The van der Waals surface area contributed by atoms with E-state index in [1.54, 1.807) is 23.6 Å². The summed E-state index contributed by atoms with van der Waals surface area (Å²) in [6, 6.07) is 26.3. The summed E-state index contributed by atoms with van der Waals surface area (Å²) in [7, 11) is 0. The number of aromatic nitrogens is 1. The fourth-order valence-corrected chi connectivity index (χ4v) is 9.01. The number of hydrogen-bond acceptors (Lipinski definition) is 6. The molecule has 6 nitrogen and oxygen atoms in total. The van der Waals surface area contributed by atoms with Gasteiger partial charge >= 0.3 is 5.97 Å². The lowest BCUT2D eigenvalue weighted by molar-refractivity contribution is -0.138. The van der Waals surface area contributed by atoms with Crippen LogP contribution in [0.3, 0.4) is 0 Å². The molecule has 6 rings (SSSR count). The molecule has 0 spiro atoms. The molecule has 0 aliphatic carbocycles. The Morgan fingerprint density at radius 2 is 1.67 bits per heavy atom. The van der Waals surface area contributed by atoms with Crippen LogP contribution in [0.5, 0.6) is 5.75 Å². The topological polar surface area (TPSA) is 69.9 Å². The van der Waals surface area contributed by atoms with Crippen LogP contribution in [0.4, 0.5) is 0 Å². The standard InChI is InChI=1S/C38H30Cl2I2N2O4S/c1-4-47-37(46)32-33(25-8-6-5-7-9-25)43-38-44(34(32)26-13-11-24(12-14-26)21(2)3)36(45)31(49-38)19-23-17-29(41)35(30(42)18-23)48-20-22-10-15-27(39)28(40)16-22/h5-19,21,34H,4,20H2,1-3H3/b31-19-/t34-/m0/s1. The molecule has 0 unspecified atom stereocenters. The van der Waals surface area contributed by atoms with Crippen molar-refractivity contribution >= 4 is 97.5 Å². The first kappa shape index (κ1) is 35.8. The SMILES string of the molecule is CCOC(=O)C1=C(c2ccccc2)N=c2s/c(=C\c3cc(I)c(OCc4ccc(Cl)c(Cl)c4)c(I)c3)c(=O)n2[C@H]1c1ccc(C(C)C)cc1. The van der Waals surface area contributed by atoms with Crippen LogP contribution in [0.2, 0.25) is 10.0 Å². The van der Waals surface area contributed by atoms with Gasteiger partial charge in [0.15, 0.2) is 4.80 Å². The lowest BCUT2D eigenvalue weighted by Gasteiger charge is -2.26. The highest BCUT2D eigenvalue weighted by atomic mass is 127. The molecule has 2 heterocycles. The van der Waals surface area contributed by atoms with Gasteiger partial charge in [0.25, 0.3) is 5.56 Å². The molecule has 0 bridgehead atoms. The second-order valence-corrected chi connectivity index (χ2v) is 15.8. The van der Waals surface area contributed by atoms with E-state index in [4.69, 9.17) is 37.7 Å². The third-order valence-electron chi connectivity index (χ3n) is 7.98. The van der Waals surface area contributed by atoms with Gasteiger partial charge < -0.3 is 9.47 Å². The number of carbonyl (C=O) groups is 1. The second-order valence-electron chi connectivity index (χ2n) is 11.6. The summed E-state index contributed by atoms with van der Waals surface area (Å²) in [5, 5.41) is 0.969. The van der Waals surface area contributed by atoms with E-state index in [9.17, 15) is 9.59 Å². The van der Waals surface area contributed by atoms with E-state index in [0.717, 1.165) is 40.7 Å². The minimum atomic E-state index is -0.730. The minimum Gasteiger partial charge on any atom is -0.487 e. The summed E-state index contributed by atoms with van der Waals surface area (Å²) >= 11 is 18.0. The molecule has 5 aromatic rings. The monoisotopic (exact) mass is 934 g/mol. The van der Waals surface area contributed by atoms with E-state index in [-0.39, 0.29) is 12.2 Å². The molecule has 0 N–H and O–H groups in total. The number of esters is 1. The predicted molar refractivity (Wildman–Crippen MR) is 214 cm³/mol. The fraction of sp³-hybridized carbons (Fsp3) is 0.184. The van der Waals surface area contributed by atoms with Crippen LogP contribution in [0.25, 0.3) is 11.8 Å². The van der Waals surface area contributed by atoms with Gasteiger partial charge in [-0.15, -0.1) is 0 Å². The summed E-state index contributed by atoms with van der Waals surface area (Å²) in [5.74, 6) is 0.564. The van der Waals surface area contributed by atoms with E-state index in [1.807, 2.05) is 66.7 Å². The summed E-state index contributed by atoms with van der Waals surface area (Å²) in [6.45, 7) is 6.55. The largest absolute Gasteiger partial charge is 0.487 e. The first-order valence-corrected chi connectivity index (χ1v) is 19.2. The van der Waals surface area contributed by atoms with Gasteiger partial charge in [-0.05, 0) is 111 Å². The normalized spacial score (nSPS) is 14.5. The molecule has 0 saturated carbocycles. The van der Waals surface area contributed by atoms with Gasteiger partial charge in [-0.3, -0.25) is 9.36 Å². The highest BCUT2D eigenvalue weighted by molar-refractivity contribution is 14.1. The Morgan fingerprint density at radius 1 is 0.980 bits per heavy atom. The molecular formula is C38H30Cl2I2N2O4S. The van der Waals surface area contributed by atoms with Crippen molar-refractivity contribution in [2.45, 2.75) is 39.3 Å². The minimum absolute atomic E-state index is 0.193. The fourth-order valence-electron chi connectivity index (χ4n) is 5.56. The van der Waals surface area contributed by atoms with Crippen molar-refractivity contribution in [3.8, 4) is 5.75 Å². The molecule has 250 valence electrons. The Labute approximate surface area is 325 Å².